The van der Waals surface area contributed by atoms with E-state index >= 15 is 0 Å². The van der Waals surface area contributed by atoms with Crippen LogP contribution in [0.15, 0.2) is 61.4 Å². The van der Waals surface area contributed by atoms with Crippen molar-refractivity contribution in [3.8, 4) is 0 Å². The molecular formula is C26H31N11. The average Bonchev–Trinajstić information content (AvgIpc) is 3.62. The first-order chi connectivity index (χ1) is 18.3. The second kappa shape index (κ2) is 10.9. The van der Waals surface area contributed by atoms with Crippen molar-refractivity contribution in [2.24, 2.45) is 0 Å². The SMILES string of the molecule is c1ccc(Cc2cnc(N3CCN(c4ncnc(Nc5cnn(C[C@H]6CCCN6)c5)n4)CC3)nc2)cc1. The molecule has 2 N–H and O–H groups in total. The molecule has 2 saturated heterocycles. The maximum Gasteiger partial charge on any atom is 0.232 e. The molecule has 4 aromatic rings. The van der Waals surface area contributed by atoms with Gasteiger partial charge in [0.25, 0.3) is 0 Å². The molecule has 11 heteroatoms. The highest BCUT2D eigenvalue weighted by molar-refractivity contribution is 5.51. The van der Waals surface area contributed by atoms with Crippen molar-refractivity contribution in [2.45, 2.75) is 31.8 Å². The number of benzene rings is 1. The number of hydrogen-bond donors (Lipinski definition) is 2. The van der Waals surface area contributed by atoms with Gasteiger partial charge in [0, 0.05) is 57.2 Å². The maximum absolute atomic E-state index is 4.65. The molecule has 3 aromatic heterocycles. The van der Waals surface area contributed by atoms with E-state index in [1.165, 1.54) is 18.4 Å². The fourth-order valence-corrected chi connectivity index (χ4v) is 4.84. The maximum atomic E-state index is 4.65. The Hall–Kier alpha value is -4.12. The predicted molar refractivity (Wildman–Crippen MR) is 142 cm³/mol. The molecule has 0 bridgehead atoms. The van der Waals surface area contributed by atoms with Gasteiger partial charge in [-0.25, -0.2) is 19.9 Å². The highest BCUT2D eigenvalue weighted by Crippen LogP contribution is 2.18. The van der Waals surface area contributed by atoms with Crippen LogP contribution in [0, 0.1) is 0 Å². The molecule has 0 aliphatic carbocycles. The van der Waals surface area contributed by atoms with Gasteiger partial charge in [0.2, 0.25) is 17.8 Å². The minimum absolute atomic E-state index is 0.493. The molecule has 2 fully saturated rings. The summed E-state index contributed by atoms with van der Waals surface area (Å²) in [7, 11) is 0. The fraction of sp³-hybridized carbons (Fsp3) is 0.385. The van der Waals surface area contributed by atoms with Gasteiger partial charge in [-0.3, -0.25) is 4.68 Å². The summed E-state index contributed by atoms with van der Waals surface area (Å²) >= 11 is 0. The van der Waals surface area contributed by atoms with Crippen molar-refractivity contribution < 1.29 is 0 Å². The minimum atomic E-state index is 0.493. The third-order valence-corrected chi connectivity index (χ3v) is 6.81. The fourth-order valence-electron chi connectivity index (χ4n) is 4.84. The first-order valence-electron chi connectivity index (χ1n) is 12.9. The second-order valence-electron chi connectivity index (χ2n) is 9.51. The molecule has 0 saturated carbocycles. The van der Waals surface area contributed by atoms with Gasteiger partial charge >= 0.3 is 0 Å². The highest BCUT2D eigenvalue weighted by atomic mass is 15.4. The van der Waals surface area contributed by atoms with E-state index in [-0.39, 0.29) is 0 Å². The van der Waals surface area contributed by atoms with Gasteiger partial charge in [-0.05, 0) is 30.5 Å². The molecule has 1 aromatic carbocycles. The lowest BCUT2D eigenvalue weighted by atomic mass is 10.1. The molecule has 0 spiro atoms. The quantitative estimate of drug-likeness (QED) is 0.376. The van der Waals surface area contributed by atoms with Gasteiger partial charge in [-0.2, -0.15) is 10.1 Å². The first kappa shape index (κ1) is 23.3. The largest absolute Gasteiger partial charge is 0.337 e. The van der Waals surface area contributed by atoms with Gasteiger partial charge in [-0.15, -0.1) is 0 Å². The molecule has 5 heterocycles. The summed E-state index contributed by atoms with van der Waals surface area (Å²) in [6.07, 6.45) is 12.5. The van der Waals surface area contributed by atoms with Gasteiger partial charge in [0.05, 0.1) is 18.4 Å². The van der Waals surface area contributed by atoms with Crippen molar-refractivity contribution in [1.82, 2.24) is 40.0 Å². The minimum Gasteiger partial charge on any atom is -0.337 e. The van der Waals surface area contributed by atoms with Crippen molar-refractivity contribution >= 4 is 23.5 Å². The Labute approximate surface area is 216 Å². The summed E-state index contributed by atoms with van der Waals surface area (Å²) in [6, 6.07) is 10.9. The Balaban J connectivity index is 1.03. The van der Waals surface area contributed by atoms with Crippen LogP contribution >= 0.6 is 0 Å². The Morgan fingerprint density at radius 3 is 2.41 bits per heavy atom. The molecule has 2 aliphatic rings. The van der Waals surface area contributed by atoms with Crippen molar-refractivity contribution in [3.05, 3.63) is 72.6 Å². The summed E-state index contributed by atoms with van der Waals surface area (Å²) in [5, 5.41) is 11.2. The molecule has 37 heavy (non-hydrogen) atoms. The lowest BCUT2D eigenvalue weighted by Crippen LogP contribution is -2.47. The van der Waals surface area contributed by atoms with Gasteiger partial charge in [0.1, 0.15) is 6.33 Å². The molecule has 1 atom stereocenters. The van der Waals surface area contributed by atoms with Crippen LogP contribution in [0.25, 0.3) is 0 Å². The van der Waals surface area contributed by atoms with Crippen LogP contribution in [0.4, 0.5) is 23.5 Å². The third-order valence-electron chi connectivity index (χ3n) is 6.81. The zero-order valence-electron chi connectivity index (χ0n) is 20.7. The van der Waals surface area contributed by atoms with E-state index in [1.807, 2.05) is 35.5 Å². The lowest BCUT2D eigenvalue weighted by Gasteiger charge is -2.34. The monoisotopic (exact) mass is 497 g/mol. The van der Waals surface area contributed by atoms with Crippen LogP contribution < -0.4 is 20.4 Å². The Morgan fingerprint density at radius 1 is 0.865 bits per heavy atom. The summed E-state index contributed by atoms with van der Waals surface area (Å²) in [6.45, 7) is 5.12. The van der Waals surface area contributed by atoms with Gasteiger partial charge < -0.3 is 20.4 Å². The summed E-state index contributed by atoms with van der Waals surface area (Å²) in [4.78, 5) is 27.0. The van der Waals surface area contributed by atoms with E-state index in [1.54, 1.807) is 6.33 Å². The van der Waals surface area contributed by atoms with Crippen LogP contribution in [0.1, 0.15) is 24.0 Å². The van der Waals surface area contributed by atoms with Gasteiger partial charge in [0.15, 0.2) is 0 Å². The normalized spacial score (nSPS) is 17.8. The molecule has 2 aliphatic heterocycles. The molecule has 6 rings (SSSR count). The molecule has 0 radical (unpaired) electrons. The van der Waals surface area contributed by atoms with Crippen LogP contribution in [0.5, 0.6) is 0 Å². The first-order valence-corrected chi connectivity index (χ1v) is 12.9. The number of anilines is 4. The Morgan fingerprint density at radius 2 is 1.65 bits per heavy atom. The van der Waals surface area contributed by atoms with Crippen molar-refractivity contribution in [1.29, 1.82) is 0 Å². The van der Waals surface area contributed by atoms with Crippen LogP contribution in [0.2, 0.25) is 0 Å². The Bertz CT molecular complexity index is 1280. The van der Waals surface area contributed by atoms with Crippen LogP contribution in [-0.2, 0) is 13.0 Å². The predicted octanol–water partition coefficient (Wildman–Crippen LogP) is 2.27. The second-order valence-corrected chi connectivity index (χ2v) is 9.51. The number of aromatic nitrogens is 7. The zero-order valence-corrected chi connectivity index (χ0v) is 20.7. The summed E-state index contributed by atoms with van der Waals surface area (Å²) < 4.78 is 1.96. The molecule has 0 unspecified atom stereocenters. The van der Waals surface area contributed by atoms with Gasteiger partial charge in [-0.1, -0.05) is 30.3 Å². The average molecular weight is 498 g/mol. The number of rotatable bonds is 8. The number of nitrogens with one attached hydrogen (secondary N) is 2. The van der Waals surface area contributed by atoms with E-state index in [4.69, 9.17) is 0 Å². The smallest absolute Gasteiger partial charge is 0.232 e. The standard InChI is InChI=1S/C26H31N11/c1-2-5-20(6-3-1)13-21-14-28-25(29-15-21)35-9-11-36(12-10-35)26-31-19-30-24(34-26)33-23-16-32-37(18-23)17-22-7-4-8-27-22/h1-3,5-6,14-16,18-19,22,27H,4,7-13,17H2,(H,30,31,33,34)/t22-/m1/s1. The van der Waals surface area contributed by atoms with E-state index in [9.17, 15) is 0 Å². The molecule has 0 amide bonds. The Kier molecular flexibility index (Phi) is 6.84. The zero-order chi connectivity index (χ0) is 24.9. The number of hydrogen-bond acceptors (Lipinski definition) is 10. The number of nitrogens with zero attached hydrogens (tertiary/aromatic N) is 9. The van der Waals surface area contributed by atoms with Crippen LogP contribution in [0.3, 0.4) is 0 Å². The third kappa shape index (κ3) is 5.83. The van der Waals surface area contributed by atoms with Crippen LogP contribution in [-0.4, -0.2) is 73.5 Å². The van der Waals surface area contributed by atoms with Crippen molar-refractivity contribution in [3.63, 3.8) is 0 Å². The van der Waals surface area contributed by atoms with E-state index in [2.05, 4.69) is 74.7 Å². The molecule has 11 nitrogen and oxygen atoms in total. The van der Waals surface area contributed by atoms with E-state index in [0.29, 0.717) is 17.9 Å². The molecule has 190 valence electrons. The molecular weight excluding hydrogens is 466 g/mol. The number of piperazine rings is 1. The van der Waals surface area contributed by atoms with E-state index < -0.39 is 0 Å². The highest BCUT2D eigenvalue weighted by Gasteiger charge is 2.21. The topological polar surface area (TPSA) is 113 Å². The summed E-state index contributed by atoms with van der Waals surface area (Å²) in [5.74, 6) is 1.95. The van der Waals surface area contributed by atoms with Crippen molar-refractivity contribution in [2.75, 3.05) is 47.8 Å². The summed E-state index contributed by atoms with van der Waals surface area (Å²) in [5.41, 5.74) is 3.24. The van der Waals surface area contributed by atoms with E-state index in [0.717, 1.165) is 62.9 Å². The lowest BCUT2D eigenvalue weighted by molar-refractivity contribution is 0.476.